The smallest absolute Gasteiger partial charge is 0.292 e. The van der Waals surface area contributed by atoms with Crippen LogP contribution in [0, 0.1) is 10.1 Å². The number of hydrogen-bond acceptors (Lipinski definition) is 7. The number of anilines is 2. The van der Waals surface area contributed by atoms with Crippen molar-refractivity contribution in [2.24, 2.45) is 0 Å². The van der Waals surface area contributed by atoms with E-state index >= 15 is 0 Å². The summed E-state index contributed by atoms with van der Waals surface area (Å²) in [5.41, 5.74) is 1.89. The molecule has 0 unspecified atom stereocenters. The summed E-state index contributed by atoms with van der Waals surface area (Å²) in [5, 5.41) is 24.0. The quantitative estimate of drug-likeness (QED) is 0.621. The van der Waals surface area contributed by atoms with Crippen LogP contribution in [0.3, 0.4) is 0 Å². The molecule has 0 radical (unpaired) electrons. The Morgan fingerprint density at radius 3 is 2.90 bits per heavy atom. The first-order chi connectivity index (χ1) is 9.66. The number of nitrogens with zero attached hydrogens (tertiary/aromatic N) is 3. The second kappa shape index (κ2) is 6.57. The molecule has 9 heteroatoms. The average molecular weight is 293 g/mol. The molecule has 0 spiro atoms. The van der Waals surface area contributed by atoms with Crippen LogP contribution in [0.1, 0.15) is 6.42 Å². The summed E-state index contributed by atoms with van der Waals surface area (Å²) < 4.78 is 0. The van der Waals surface area contributed by atoms with Gasteiger partial charge >= 0.3 is 0 Å². The largest absolute Gasteiger partial charge is 0.379 e. The van der Waals surface area contributed by atoms with Gasteiger partial charge in [-0.05, 0) is 6.07 Å². The normalized spacial score (nSPS) is 10.0. The minimum absolute atomic E-state index is 0.0166. The van der Waals surface area contributed by atoms with E-state index in [2.05, 4.69) is 20.8 Å². The van der Waals surface area contributed by atoms with Crippen molar-refractivity contribution in [3.8, 4) is 0 Å². The number of carbonyl (C=O) groups excluding carboxylic acids is 1. The predicted octanol–water partition coefficient (Wildman–Crippen LogP) is 1.89. The van der Waals surface area contributed by atoms with Crippen LogP contribution in [-0.2, 0) is 4.79 Å². The Morgan fingerprint density at radius 2 is 2.20 bits per heavy atom. The highest BCUT2D eigenvalue weighted by Gasteiger charge is 2.12. The van der Waals surface area contributed by atoms with Crippen LogP contribution in [0.4, 0.5) is 16.5 Å². The monoisotopic (exact) mass is 293 g/mol. The molecule has 104 valence electrons. The Labute approximate surface area is 118 Å². The number of carbonyl (C=O) groups is 1. The lowest BCUT2D eigenvalue weighted by molar-refractivity contribution is -0.384. The Kier molecular flexibility index (Phi) is 4.56. The van der Waals surface area contributed by atoms with Crippen molar-refractivity contribution >= 4 is 33.8 Å². The van der Waals surface area contributed by atoms with Crippen molar-refractivity contribution in [2.45, 2.75) is 6.42 Å². The van der Waals surface area contributed by atoms with Crippen molar-refractivity contribution in [1.82, 2.24) is 10.2 Å². The van der Waals surface area contributed by atoms with Crippen LogP contribution in [0.5, 0.6) is 0 Å². The number of nitrogens with one attached hydrogen (secondary N) is 2. The van der Waals surface area contributed by atoms with Gasteiger partial charge in [-0.25, -0.2) is 0 Å². The first-order valence-corrected chi connectivity index (χ1v) is 6.58. The standard InChI is InChI=1S/C11H11N5O3S/c17-10(14-11-15-13-7-20-11)5-6-12-8-3-1-2-4-9(8)16(18)19/h1-4,7,12H,5-6H2,(H,14,15,17). The van der Waals surface area contributed by atoms with E-state index in [1.807, 2.05) is 0 Å². The molecule has 2 N–H and O–H groups in total. The van der Waals surface area contributed by atoms with Crippen LogP contribution >= 0.6 is 11.3 Å². The third kappa shape index (κ3) is 3.72. The van der Waals surface area contributed by atoms with Gasteiger partial charge in [-0.15, -0.1) is 10.2 Å². The topological polar surface area (TPSA) is 110 Å². The van der Waals surface area contributed by atoms with E-state index < -0.39 is 4.92 Å². The molecular formula is C11H11N5O3S. The summed E-state index contributed by atoms with van der Waals surface area (Å²) in [6.07, 6.45) is 0.172. The molecular weight excluding hydrogens is 282 g/mol. The molecule has 0 aliphatic rings. The lowest BCUT2D eigenvalue weighted by Gasteiger charge is -2.06. The molecule has 1 amide bonds. The number of para-hydroxylation sites is 2. The molecule has 0 aliphatic heterocycles. The number of nitro benzene ring substituents is 1. The highest BCUT2D eigenvalue weighted by atomic mass is 32.1. The van der Waals surface area contributed by atoms with Crippen molar-refractivity contribution in [3.05, 3.63) is 39.9 Å². The number of nitro groups is 1. The molecule has 0 aliphatic carbocycles. The van der Waals surface area contributed by atoms with Crippen LogP contribution in [0.2, 0.25) is 0 Å². The van der Waals surface area contributed by atoms with Gasteiger partial charge in [0, 0.05) is 19.0 Å². The summed E-state index contributed by atoms with van der Waals surface area (Å²) >= 11 is 1.22. The van der Waals surface area contributed by atoms with Gasteiger partial charge in [0.2, 0.25) is 11.0 Å². The van der Waals surface area contributed by atoms with Gasteiger partial charge in [-0.2, -0.15) is 0 Å². The van der Waals surface area contributed by atoms with E-state index in [9.17, 15) is 14.9 Å². The fourth-order valence-electron chi connectivity index (χ4n) is 1.50. The molecule has 0 saturated heterocycles. The van der Waals surface area contributed by atoms with Gasteiger partial charge in [0.05, 0.1) is 4.92 Å². The molecule has 2 aromatic rings. The molecule has 1 aromatic carbocycles. The fourth-order valence-corrected chi connectivity index (χ4v) is 1.96. The third-order valence-corrected chi connectivity index (χ3v) is 2.98. The molecule has 1 aromatic heterocycles. The van der Waals surface area contributed by atoms with Crippen molar-refractivity contribution in [3.63, 3.8) is 0 Å². The minimum atomic E-state index is -0.469. The highest BCUT2D eigenvalue weighted by Crippen LogP contribution is 2.22. The Hall–Kier alpha value is -2.55. The van der Waals surface area contributed by atoms with E-state index in [-0.39, 0.29) is 24.6 Å². The van der Waals surface area contributed by atoms with E-state index in [1.165, 1.54) is 22.9 Å². The number of hydrogen-bond donors (Lipinski definition) is 2. The maximum atomic E-state index is 11.6. The maximum absolute atomic E-state index is 11.6. The Balaban J connectivity index is 1.84. The summed E-state index contributed by atoms with van der Waals surface area (Å²) in [6, 6.07) is 6.28. The van der Waals surface area contributed by atoms with E-state index in [1.54, 1.807) is 18.2 Å². The van der Waals surface area contributed by atoms with Gasteiger partial charge < -0.3 is 10.6 Å². The van der Waals surface area contributed by atoms with Crippen LogP contribution in [-0.4, -0.2) is 27.6 Å². The molecule has 2 rings (SSSR count). The van der Waals surface area contributed by atoms with Crippen molar-refractivity contribution in [2.75, 3.05) is 17.2 Å². The molecule has 0 saturated carbocycles. The first-order valence-electron chi connectivity index (χ1n) is 5.70. The van der Waals surface area contributed by atoms with Gasteiger partial charge in [0.25, 0.3) is 5.69 Å². The first kappa shape index (κ1) is 13.9. The zero-order valence-corrected chi connectivity index (χ0v) is 11.1. The fraction of sp³-hybridized carbons (Fsp3) is 0.182. The summed E-state index contributed by atoms with van der Waals surface area (Å²) in [4.78, 5) is 21.9. The number of aromatic nitrogens is 2. The van der Waals surface area contributed by atoms with Crippen molar-refractivity contribution < 1.29 is 9.72 Å². The average Bonchev–Trinajstić information content (AvgIpc) is 2.92. The lowest BCUT2D eigenvalue weighted by Crippen LogP contribution is -2.16. The van der Waals surface area contributed by atoms with Crippen LogP contribution in [0.15, 0.2) is 29.8 Å². The van der Waals surface area contributed by atoms with Gasteiger partial charge in [0.1, 0.15) is 11.2 Å². The Bertz CT molecular complexity index is 602. The van der Waals surface area contributed by atoms with Crippen LogP contribution in [0.25, 0.3) is 0 Å². The zero-order chi connectivity index (χ0) is 14.4. The highest BCUT2D eigenvalue weighted by molar-refractivity contribution is 7.13. The van der Waals surface area contributed by atoms with Crippen LogP contribution < -0.4 is 10.6 Å². The number of amides is 1. The SMILES string of the molecule is O=C(CCNc1ccccc1[N+](=O)[O-])Nc1nncs1. The van der Waals surface area contributed by atoms with Gasteiger partial charge in [-0.3, -0.25) is 14.9 Å². The zero-order valence-electron chi connectivity index (χ0n) is 10.3. The number of rotatable bonds is 6. The second-order valence-electron chi connectivity index (χ2n) is 3.74. The molecule has 0 bridgehead atoms. The minimum Gasteiger partial charge on any atom is -0.379 e. The number of benzene rings is 1. The van der Waals surface area contributed by atoms with E-state index in [0.29, 0.717) is 10.8 Å². The van der Waals surface area contributed by atoms with Crippen molar-refractivity contribution in [1.29, 1.82) is 0 Å². The van der Waals surface area contributed by atoms with E-state index in [4.69, 9.17) is 0 Å². The molecule has 0 atom stereocenters. The summed E-state index contributed by atoms with van der Waals surface area (Å²) in [5.74, 6) is -0.229. The summed E-state index contributed by atoms with van der Waals surface area (Å²) in [7, 11) is 0. The predicted molar refractivity (Wildman–Crippen MR) is 74.7 cm³/mol. The molecule has 1 heterocycles. The molecule has 0 fully saturated rings. The van der Waals surface area contributed by atoms with Gasteiger partial charge in [-0.1, -0.05) is 23.5 Å². The molecule has 8 nitrogen and oxygen atoms in total. The summed E-state index contributed by atoms with van der Waals surface area (Å²) in [6.45, 7) is 0.287. The third-order valence-electron chi connectivity index (χ3n) is 2.37. The molecule has 20 heavy (non-hydrogen) atoms. The Morgan fingerprint density at radius 1 is 1.40 bits per heavy atom. The lowest BCUT2D eigenvalue weighted by atomic mass is 10.2. The van der Waals surface area contributed by atoms with E-state index in [0.717, 1.165) is 0 Å². The van der Waals surface area contributed by atoms with Gasteiger partial charge in [0.15, 0.2) is 0 Å². The maximum Gasteiger partial charge on any atom is 0.292 e. The second-order valence-corrected chi connectivity index (χ2v) is 4.58.